The van der Waals surface area contributed by atoms with Gasteiger partial charge in [0.25, 0.3) is 5.91 Å². The van der Waals surface area contributed by atoms with Crippen molar-refractivity contribution in [1.82, 2.24) is 24.7 Å². The zero-order valence-electron chi connectivity index (χ0n) is 18.9. The predicted molar refractivity (Wildman–Crippen MR) is 139 cm³/mol. The largest absolute Gasteiger partial charge is 0.331 e. The van der Waals surface area contributed by atoms with Crippen molar-refractivity contribution >= 4 is 45.4 Å². The number of pyridine rings is 1. The average molecular weight is 502 g/mol. The number of hydrogen-bond acceptors (Lipinski definition) is 7. The summed E-state index contributed by atoms with van der Waals surface area (Å²) < 4.78 is 1.61. The van der Waals surface area contributed by atoms with Crippen LogP contribution in [0.4, 0.5) is 16.5 Å². The average Bonchev–Trinajstić information content (AvgIpc) is 3.50. The molecule has 2 N–H and O–H groups in total. The molecule has 3 aromatic heterocycles. The van der Waals surface area contributed by atoms with Crippen LogP contribution in [0, 0.1) is 13.8 Å². The number of amides is 1. The number of benzene rings is 2. The Kier molecular flexibility index (Phi) is 6.26. The Labute approximate surface area is 210 Å². The van der Waals surface area contributed by atoms with Gasteiger partial charge in [0.05, 0.1) is 11.4 Å². The fraction of sp³-hybridized carbons (Fsp3) is 0.0800. The molecule has 0 radical (unpaired) electrons. The van der Waals surface area contributed by atoms with Gasteiger partial charge in [0.1, 0.15) is 12.2 Å². The van der Waals surface area contributed by atoms with Gasteiger partial charge in [-0.1, -0.05) is 17.7 Å². The smallest absolute Gasteiger partial charge is 0.255 e. The zero-order valence-corrected chi connectivity index (χ0v) is 20.4. The zero-order chi connectivity index (χ0) is 24.4. The molecular weight excluding hydrogens is 482 g/mol. The number of nitrogens with zero attached hydrogens (tertiary/aromatic N) is 5. The molecule has 174 valence electrons. The third kappa shape index (κ3) is 5.21. The van der Waals surface area contributed by atoms with Crippen molar-refractivity contribution in [2.45, 2.75) is 13.8 Å². The third-order valence-electron chi connectivity index (χ3n) is 5.21. The van der Waals surface area contributed by atoms with Crippen molar-refractivity contribution < 1.29 is 4.79 Å². The lowest BCUT2D eigenvalue weighted by Gasteiger charge is -2.11. The van der Waals surface area contributed by atoms with E-state index < -0.39 is 0 Å². The van der Waals surface area contributed by atoms with Crippen LogP contribution in [0.2, 0.25) is 5.02 Å². The molecular formula is C25H20ClN7OS. The fourth-order valence-corrected chi connectivity index (χ4v) is 4.40. The van der Waals surface area contributed by atoms with E-state index in [0.717, 1.165) is 27.6 Å². The lowest BCUT2D eigenvalue weighted by molar-refractivity contribution is 0.102. The highest BCUT2D eigenvalue weighted by molar-refractivity contribution is 7.14. The molecule has 10 heteroatoms. The van der Waals surface area contributed by atoms with Gasteiger partial charge in [-0.2, -0.15) is 5.10 Å². The predicted octanol–water partition coefficient (Wildman–Crippen LogP) is 6.05. The normalized spacial score (nSPS) is 10.8. The molecule has 0 fully saturated rings. The van der Waals surface area contributed by atoms with Gasteiger partial charge in [0, 0.05) is 45.3 Å². The topological polar surface area (TPSA) is 97.6 Å². The summed E-state index contributed by atoms with van der Waals surface area (Å²) in [7, 11) is 0. The van der Waals surface area contributed by atoms with E-state index >= 15 is 0 Å². The minimum atomic E-state index is -0.258. The quantitative estimate of drug-likeness (QED) is 0.294. The molecule has 0 atom stereocenters. The van der Waals surface area contributed by atoms with Gasteiger partial charge in [-0.3, -0.25) is 9.78 Å². The van der Waals surface area contributed by atoms with Gasteiger partial charge in [0.15, 0.2) is 5.13 Å². The lowest BCUT2D eigenvalue weighted by atomic mass is 10.1. The van der Waals surface area contributed by atoms with E-state index in [4.69, 9.17) is 11.6 Å². The molecule has 8 nitrogen and oxygen atoms in total. The number of hydrogen-bond donors (Lipinski definition) is 2. The molecule has 2 aromatic carbocycles. The van der Waals surface area contributed by atoms with Crippen LogP contribution in [0.5, 0.6) is 0 Å². The van der Waals surface area contributed by atoms with Crippen molar-refractivity contribution in [1.29, 1.82) is 0 Å². The Bertz CT molecular complexity index is 1510. The Morgan fingerprint density at radius 3 is 2.77 bits per heavy atom. The molecule has 5 rings (SSSR count). The summed E-state index contributed by atoms with van der Waals surface area (Å²) in [4.78, 5) is 26.0. The molecule has 0 unspecified atom stereocenters. The standard InChI is InChI=1S/C25H20ClN7OS/c1-15-5-6-17(8-22(15)30-25-31-23(13-35-25)18-4-3-7-27-12-18)24(34)29-20-9-19(26)10-21(11-20)33-14-28-16(2)32-33/h3-14H,1-2H3,(H,29,34)(H,30,31). The maximum atomic E-state index is 13.0. The molecule has 0 spiro atoms. The van der Waals surface area contributed by atoms with Crippen LogP contribution in [0.25, 0.3) is 16.9 Å². The fourth-order valence-electron chi connectivity index (χ4n) is 3.44. The number of carbonyl (C=O) groups excluding carboxylic acids is 1. The van der Waals surface area contributed by atoms with Gasteiger partial charge < -0.3 is 10.6 Å². The minimum Gasteiger partial charge on any atom is -0.331 e. The van der Waals surface area contributed by atoms with Gasteiger partial charge in [0.2, 0.25) is 0 Å². The molecule has 1 amide bonds. The minimum absolute atomic E-state index is 0.258. The Morgan fingerprint density at radius 2 is 2.00 bits per heavy atom. The monoisotopic (exact) mass is 501 g/mol. The first-order chi connectivity index (χ1) is 16.9. The summed E-state index contributed by atoms with van der Waals surface area (Å²) in [6, 6.07) is 14.6. The summed E-state index contributed by atoms with van der Waals surface area (Å²) in [6.45, 7) is 3.78. The van der Waals surface area contributed by atoms with E-state index in [9.17, 15) is 4.79 Å². The van der Waals surface area contributed by atoms with Crippen LogP contribution in [-0.4, -0.2) is 30.6 Å². The second-order valence-corrected chi connectivity index (χ2v) is 9.12. The maximum absolute atomic E-state index is 13.0. The van der Waals surface area contributed by atoms with E-state index in [1.165, 1.54) is 11.3 Å². The van der Waals surface area contributed by atoms with Crippen molar-refractivity contribution in [3.63, 3.8) is 0 Å². The summed E-state index contributed by atoms with van der Waals surface area (Å²) in [5.74, 6) is 0.384. The van der Waals surface area contributed by atoms with E-state index in [1.807, 2.05) is 36.6 Å². The number of halogens is 1. The summed E-state index contributed by atoms with van der Waals surface area (Å²) in [5, 5.41) is 13.7. The highest BCUT2D eigenvalue weighted by atomic mass is 35.5. The number of carbonyl (C=O) groups is 1. The van der Waals surface area contributed by atoms with E-state index in [1.54, 1.807) is 54.6 Å². The van der Waals surface area contributed by atoms with Gasteiger partial charge in [-0.25, -0.2) is 14.6 Å². The second-order valence-electron chi connectivity index (χ2n) is 7.82. The molecule has 0 aliphatic rings. The van der Waals surface area contributed by atoms with Crippen molar-refractivity contribution in [2.24, 2.45) is 0 Å². The van der Waals surface area contributed by atoms with Crippen LogP contribution >= 0.6 is 22.9 Å². The third-order valence-corrected chi connectivity index (χ3v) is 6.19. The lowest BCUT2D eigenvalue weighted by Crippen LogP contribution is -2.13. The van der Waals surface area contributed by atoms with Crippen molar-refractivity contribution in [3.05, 3.63) is 94.6 Å². The van der Waals surface area contributed by atoms with E-state index in [2.05, 4.69) is 30.7 Å². The van der Waals surface area contributed by atoms with Gasteiger partial charge >= 0.3 is 0 Å². The molecule has 0 bridgehead atoms. The van der Waals surface area contributed by atoms with Crippen LogP contribution in [0.3, 0.4) is 0 Å². The molecule has 35 heavy (non-hydrogen) atoms. The van der Waals surface area contributed by atoms with Crippen LogP contribution in [0.15, 0.2) is 72.6 Å². The Hall–Kier alpha value is -4.08. The number of aryl methyl sites for hydroxylation is 2. The van der Waals surface area contributed by atoms with Crippen LogP contribution in [0.1, 0.15) is 21.7 Å². The number of rotatable bonds is 6. The SMILES string of the molecule is Cc1ncn(-c2cc(Cl)cc(NC(=O)c3ccc(C)c(Nc4nc(-c5cccnc5)cs4)c3)c2)n1. The molecule has 0 saturated heterocycles. The first-order valence-corrected chi connectivity index (χ1v) is 11.9. The highest BCUT2D eigenvalue weighted by Gasteiger charge is 2.12. The van der Waals surface area contributed by atoms with Gasteiger partial charge in [-0.05, 0) is 61.9 Å². The maximum Gasteiger partial charge on any atom is 0.255 e. The summed E-state index contributed by atoms with van der Waals surface area (Å²) >= 11 is 7.78. The second kappa shape index (κ2) is 9.65. The number of thiazole rings is 1. The van der Waals surface area contributed by atoms with E-state index in [0.29, 0.717) is 27.8 Å². The summed E-state index contributed by atoms with van der Waals surface area (Å²) in [5.41, 5.74) is 5.34. The van der Waals surface area contributed by atoms with E-state index in [-0.39, 0.29) is 5.91 Å². The molecule has 0 saturated carbocycles. The number of anilines is 3. The molecule has 3 heterocycles. The van der Waals surface area contributed by atoms with Crippen molar-refractivity contribution in [2.75, 3.05) is 10.6 Å². The molecule has 0 aliphatic heterocycles. The first-order valence-electron chi connectivity index (χ1n) is 10.7. The van der Waals surface area contributed by atoms with Gasteiger partial charge in [-0.15, -0.1) is 11.3 Å². The Balaban J connectivity index is 1.35. The van der Waals surface area contributed by atoms with Crippen LogP contribution < -0.4 is 10.6 Å². The molecule has 5 aromatic rings. The molecule has 0 aliphatic carbocycles. The summed E-state index contributed by atoms with van der Waals surface area (Å²) in [6.07, 6.45) is 5.11. The Morgan fingerprint density at radius 1 is 1.11 bits per heavy atom. The number of nitrogens with one attached hydrogen (secondary N) is 2. The van der Waals surface area contributed by atoms with Crippen LogP contribution in [-0.2, 0) is 0 Å². The first kappa shape index (κ1) is 22.7. The highest BCUT2D eigenvalue weighted by Crippen LogP contribution is 2.29. The number of aromatic nitrogens is 5. The van der Waals surface area contributed by atoms with Crippen molar-refractivity contribution in [3.8, 4) is 16.9 Å².